The highest BCUT2D eigenvalue weighted by Gasteiger charge is 2.16. The van der Waals surface area contributed by atoms with Gasteiger partial charge in [0.2, 0.25) is 0 Å². The van der Waals surface area contributed by atoms with Crippen molar-refractivity contribution in [2.75, 3.05) is 12.8 Å². The number of hydrogen-bond acceptors (Lipinski definition) is 5. The second kappa shape index (κ2) is 5.09. The predicted octanol–water partition coefficient (Wildman–Crippen LogP) is 1.44. The van der Waals surface area contributed by atoms with E-state index >= 15 is 0 Å². The van der Waals surface area contributed by atoms with Gasteiger partial charge in [0.1, 0.15) is 11.6 Å². The topological polar surface area (TPSA) is 93.9 Å². The number of ketones is 1. The van der Waals surface area contributed by atoms with Crippen molar-refractivity contribution in [2.45, 2.75) is 20.3 Å². The summed E-state index contributed by atoms with van der Waals surface area (Å²) in [6.45, 7) is 3.80. The first kappa shape index (κ1) is 13.1. The summed E-state index contributed by atoms with van der Waals surface area (Å²) in [5, 5.41) is 6.28. The predicted molar refractivity (Wildman–Crippen MR) is 71.3 cm³/mol. The molecule has 0 spiro atoms. The van der Waals surface area contributed by atoms with E-state index in [0.717, 1.165) is 16.9 Å². The maximum Gasteiger partial charge on any atom is 0.174 e. The molecule has 0 saturated carbocycles. The molecule has 0 aliphatic rings. The number of nitrogens with zero attached hydrogens (tertiary/aromatic N) is 2. The summed E-state index contributed by atoms with van der Waals surface area (Å²) in [6, 6.07) is 0. The van der Waals surface area contributed by atoms with Crippen molar-refractivity contribution in [2.24, 2.45) is 0 Å². The Labute approximate surface area is 111 Å². The van der Waals surface area contributed by atoms with Gasteiger partial charge in [-0.05, 0) is 13.8 Å². The minimum atomic E-state index is -0.118. The Morgan fingerprint density at radius 3 is 2.74 bits per heavy atom. The summed E-state index contributed by atoms with van der Waals surface area (Å²) >= 11 is 0. The first-order chi connectivity index (χ1) is 9.04. The van der Waals surface area contributed by atoms with Gasteiger partial charge in [0.25, 0.3) is 0 Å². The highest BCUT2D eigenvalue weighted by atomic mass is 16.5. The molecule has 0 aromatic carbocycles. The lowest BCUT2D eigenvalue weighted by atomic mass is 10.0. The van der Waals surface area contributed by atoms with Crippen LogP contribution in [0.4, 0.5) is 5.82 Å². The van der Waals surface area contributed by atoms with Gasteiger partial charge in [-0.3, -0.25) is 14.9 Å². The third kappa shape index (κ3) is 2.42. The van der Waals surface area contributed by atoms with Crippen LogP contribution in [0.3, 0.4) is 0 Å². The van der Waals surface area contributed by atoms with Crippen LogP contribution in [0, 0.1) is 13.8 Å². The molecule has 0 bridgehead atoms. The molecule has 2 aromatic rings. The van der Waals surface area contributed by atoms with Gasteiger partial charge in [-0.15, -0.1) is 0 Å². The van der Waals surface area contributed by atoms with Crippen molar-refractivity contribution < 1.29 is 9.53 Å². The molecule has 6 heteroatoms. The van der Waals surface area contributed by atoms with E-state index in [2.05, 4.69) is 15.2 Å². The van der Waals surface area contributed by atoms with Crippen molar-refractivity contribution in [3.63, 3.8) is 0 Å². The van der Waals surface area contributed by atoms with Gasteiger partial charge in [-0.2, -0.15) is 5.10 Å². The number of nitrogen functional groups attached to an aromatic ring is 1. The Morgan fingerprint density at radius 2 is 2.16 bits per heavy atom. The van der Waals surface area contributed by atoms with Gasteiger partial charge < -0.3 is 10.5 Å². The number of aryl methyl sites for hydroxylation is 1. The fourth-order valence-electron chi connectivity index (χ4n) is 2.01. The Morgan fingerprint density at radius 1 is 1.42 bits per heavy atom. The Hall–Kier alpha value is -2.37. The fraction of sp³-hybridized carbons (Fsp3) is 0.308. The normalized spacial score (nSPS) is 10.5. The second-order valence-electron chi connectivity index (χ2n) is 4.34. The number of hydrogen-bond donors (Lipinski definition) is 2. The number of carbonyl (C=O) groups excluding carboxylic acids is 1. The third-order valence-electron chi connectivity index (χ3n) is 3.05. The van der Waals surface area contributed by atoms with Crippen molar-refractivity contribution in [3.05, 3.63) is 34.8 Å². The monoisotopic (exact) mass is 260 g/mol. The largest absolute Gasteiger partial charge is 0.496 e. The van der Waals surface area contributed by atoms with Gasteiger partial charge in [0.15, 0.2) is 5.78 Å². The zero-order valence-corrected chi connectivity index (χ0v) is 11.2. The minimum Gasteiger partial charge on any atom is -0.496 e. The first-order valence-electron chi connectivity index (χ1n) is 5.85. The van der Waals surface area contributed by atoms with Crippen LogP contribution in [0.25, 0.3) is 0 Å². The van der Waals surface area contributed by atoms with E-state index in [1.807, 2.05) is 13.8 Å². The van der Waals surface area contributed by atoms with Gasteiger partial charge in [0, 0.05) is 17.3 Å². The number of nitrogens with two attached hydrogens (primary N) is 1. The van der Waals surface area contributed by atoms with Crippen molar-refractivity contribution >= 4 is 11.6 Å². The number of aromatic nitrogens is 3. The summed E-state index contributed by atoms with van der Waals surface area (Å²) in [5.74, 6) is 0.924. The number of methoxy groups -OCH3 is 1. The molecule has 2 heterocycles. The van der Waals surface area contributed by atoms with Crippen LogP contribution in [0.2, 0.25) is 0 Å². The van der Waals surface area contributed by atoms with E-state index in [1.165, 1.54) is 6.20 Å². The van der Waals surface area contributed by atoms with Gasteiger partial charge >= 0.3 is 0 Å². The molecule has 6 nitrogen and oxygen atoms in total. The Bertz CT molecular complexity index is 619. The average Bonchev–Trinajstić information content (AvgIpc) is 2.80. The van der Waals surface area contributed by atoms with Crippen LogP contribution in [-0.4, -0.2) is 28.1 Å². The van der Waals surface area contributed by atoms with E-state index in [-0.39, 0.29) is 18.0 Å². The van der Waals surface area contributed by atoms with Crippen LogP contribution in [0.5, 0.6) is 5.75 Å². The first-order valence-corrected chi connectivity index (χ1v) is 5.85. The quantitative estimate of drug-likeness (QED) is 0.811. The molecule has 0 saturated heterocycles. The number of nitrogens with one attached hydrogen (secondary N) is 1. The molecule has 0 fully saturated rings. The number of aromatic amines is 1. The number of carbonyl (C=O) groups is 1. The Balaban J connectivity index is 2.30. The number of rotatable bonds is 4. The third-order valence-corrected chi connectivity index (χ3v) is 3.05. The summed E-state index contributed by atoms with van der Waals surface area (Å²) in [7, 11) is 1.61. The van der Waals surface area contributed by atoms with Gasteiger partial charge in [-0.25, -0.2) is 0 Å². The number of pyridine rings is 1. The molecular weight excluding hydrogens is 244 g/mol. The smallest absolute Gasteiger partial charge is 0.174 e. The van der Waals surface area contributed by atoms with Gasteiger partial charge in [-0.1, -0.05) is 0 Å². The number of Topliss-reactive ketones (excluding diaryl/α,β-unsaturated/α-hetero) is 1. The van der Waals surface area contributed by atoms with E-state index < -0.39 is 0 Å². The van der Waals surface area contributed by atoms with E-state index in [0.29, 0.717) is 11.3 Å². The minimum absolute atomic E-state index is 0.118. The molecule has 0 amide bonds. The molecule has 0 aliphatic heterocycles. The Kier molecular flexibility index (Phi) is 3.50. The molecule has 0 unspecified atom stereocenters. The van der Waals surface area contributed by atoms with E-state index in [4.69, 9.17) is 10.5 Å². The molecular formula is C13H16N4O2. The molecule has 0 aliphatic carbocycles. The summed E-state index contributed by atoms with van der Waals surface area (Å²) < 4.78 is 5.32. The SMILES string of the molecule is COc1c(C)cnc(CC(=O)c2cn[nH]c2N)c1C. The summed E-state index contributed by atoms with van der Waals surface area (Å²) in [6.07, 6.45) is 3.30. The van der Waals surface area contributed by atoms with Crippen LogP contribution in [0.15, 0.2) is 12.4 Å². The molecule has 2 rings (SSSR count). The number of ether oxygens (including phenoxy) is 1. The molecule has 3 N–H and O–H groups in total. The van der Waals surface area contributed by atoms with Gasteiger partial charge in [0.05, 0.1) is 31.0 Å². The van der Waals surface area contributed by atoms with E-state index in [1.54, 1.807) is 13.3 Å². The lowest BCUT2D eigenvalue weighted by Crippen LogP contribution is -2.09. The fourth-order valence-corrected chi connectivity index (χ4v) is 2.01. The zero-order valence-electron chi connectivity index (χ0n) is 11.2. The summed E-state index contributed by atoms with van der Waals surface area (Å²) in [5.41, 5.74) is 8.52. The van der Waals surface area contributed by atoms with Crippen LogP contribution in [-0.2, 0) is 6.42 Å². The maximum absolute atomic E-state index is 12.1. The maximum atomic E-state index is 12.1. The van der Waals surface area contributed by atoms with E-state index in [9.17, 15) is 4.79 Å². The highest BCUT2D eigenvalue weighted by Crippen LogP contribution is 2.25. The second-order valence-corrected chi connectivity index (χ2v) is 4.34. The highest BCUT2D eigenvalue weighted by molar-refractivity contribution is 6.01. The van der Waals surface area contributed by atoms with Crippen molar-refractivity contribution in [3.8, 4) is 5.75 Å². The molecule has 0 radical (unpaired) electrons. The number of anilines is 1. The standard InChI is InChI=1S/C13H16N4O2/c1-7-5-15-10(8(2)12(7)19-3)4-11(18)9-6-16-17-13(9)14/h5-6H,4H2,1-3H3,(H3,14,16,17). The van der Waals surface area contributed by atoms with Crippen LogP contribution < -0.4 is 10.5 Å². The van der Waals surface area contributed by atoms with Crippen molar-refractivity contribution in [1.29, 1.82) is 0 Å². The zero-order chi connectivity index (χ0) is 14.0. The molecule has 100 valence electrons. The molecule has 19 heavy (non-hydrogen) atoms. The lowest BCUT2D eigenvalue weighted by molar-refractivity contribution is 0.0992. The lowest BCUT2D eigenvalue weighted by Gasteiger charge is -2.11. The van der Waals surface area contributed by atoms with Crippen molar-refractivity contribution in [1.82, 2.24) is 15.2 Å². The van der Waals surface area contributed by atoms with Crippen LogP contribution in [0.1, 0.15) is 27.2 Å². The number of H-pyrrole nitrogens is 1. The molecule has 0 atom stereocenters. The van der Waals surface area contributed by atoms with Crippen LogP contribution >= 0.6 is 0 Å². The molecule has 2 aromatic heterocycles. The average molecular weight is 260 g/mol. The summed E-state index contributed by atoms with van der Waals surface area (Å²) in [4.78, 5) is 16.4.